The zero-order valence-corrected chi connectivity index (χ0v) is 15.8. The van der Waals surface area contributed by atoms with Gasteiger partial charge in [-0.05, 0) is 60.7 Å². The fourth-order valence-corrected chi connectivity index (χ4v) is 2.87. The molecule has 2 aromatic rings. The second-order valence-electron chi connectivity index (χ2n) is 6.10. The van der Waals surface area contributed by atoms with Crippen LogP contribution in [0.2, 0.25) is 0 Å². The molecule has 0 atom stereocenters. The SMILES string of the molecule is CC/C=C(\CC)c1c(CC)ccnc1Nc1ccc(OC(C)(F)F)cc1. The van der Waals surface area contributed by atoms with Gasteiger partial charge >= 0.3 is 6.11 Å². The Bertz CT molecular complexity index is 750. The van der Waals surface area contributed by atoms with Crippen LogP contribution in [0.1, 0.15) is 51.7 Å². The van der Waals surface area contributed by atoms with Gasteiger partial charge in [-0.2, -0.15) is 8.78 Å². The Labute approximate surface area is 154 Å². The second-order valence-corrected chi connectivity index (χ2v) is 6.10. The van der Waals surface area contributed by atoms with Gasteiger partial charge in [0.25, 0.3) is 0 Å². The van der Waals surface area contributed by atoms with Crippen LogP contribution in [0.4, 0.5) is 20.3 Å². The molecule has 0 aliphatic rings. The molecule has 2 rings (SSSR count). The van der Waals surface area contributed by atoms with E-state index >= 15 is 0 Å². The van der Waals surface area contributed by atoms with Crippen molar-refractivity contribution >= 4 is 17.1 Å². The molecule has 0 amide bonds. The Morgan fingerprint density at radius 2 is 1.85 bits per heavy atom. The predicted molar refractivity (Wildman–Crippen MR) is 103 cm³/mol. The summed E-state index contributed by atoms with van der Waals surface area (Å²) >= 11 is 0. The summed E-state index contributed by atoms with van der Waals surface area (Å²) in [5.41, 5.74) is 4.38. The average Bonchev–Trinajstić information content (AvgIpc) is 2.60. The van der Waals surface area contributed by atoms with E-state index in [1.54, 1.807) is 18.3 Å². The summed E-state index contributed by atoms with van der Waals surface area (Å²) in [7, 11) is 0. The number of allylic oxidation sites excluding steroid dienone is 2. The first kappa shape index (κ1) is 19.9. The number of aromatic nitrogens is 1. The lowest BCUT2D eigenvalue weighted by atomic mass is 9.96. The number of ether oxygens (including phenoxy) is 1. The highest BCUT2D eigenvalue weighted by Gasteiger charge is 2.23. The number of hydrogen-bond donors (Lipinski definition) is 1. The summed E-state index contributed by atoms with van der Waals surface area (Å²) in [6, 6.07) is 8.50. The second kappa shape index (κ2) is 8.79. The van der Waals surface area contributed by atoms with E-state index in [1.165, 1.54) is 23.3 Å². The molecule has 0 spiro atoms. The van der Waals surface area contributed by atoms with Crippen molar-refractivity contribution in [2.45, 2.75) is 53.1 Å². The highest BCUT2D eigenvalue weighted by molar-refractivity contribution is 5.79. The number of hydrogen-bond acceptors (Lipinski definition) is 3. The summed E-state index contributed by atoms with van der Waals surface area (Å²) in [6.07, 6.45) is 3.60. The number of nitrogens with zero attached hydrogens (tertiary/aromatic N) is 1. The highest BCUT2D eigenvalue weighted by Crippen LogP contribution is 2.32. The monoisotopic (exact) mass is 360 g/mol. The minimum absolute atomic E-state index is 0.124. The van der Waals surface area contributed by atoms with Gasteiger partial charge < -0.3 is 10.1 Å². The molecular formula is C21H26F2N2O. The van der Waals surface area contributed by atoms with E-state index in [2.05, 4.69) is 41.9 Å². The fourth-order valence-electron chi connectivity index (χ4n) is 2.87. The molecule has 1 heterocycles. The van der Waals surface area contributed by atoms with Crippen LogP contribution in [0, 0.1) is 0 Å². The third-order valence-corrected chi connectivity index (χ3v) is 3.98. The van der Waals surface area contributed by atoms with Crippen LogP contribution in [0.3, 0.4) is 0 Å². The van der Waals surface area contributed by atoms with E-state index in [-0.39, 0.29) is 5.75 Å². The molecule has 0 aliphatic heterocycles. The van der Waals surface area contributed by atoms with Gasteiger partial charge in [-0.15, -0.1) is 0 Å². The Hall–Kier alpha value is -2.43. The molecule has 0 aliphatic carbocycles. The van der Waals surface area contributed by atoms with Crippen molar-refractivity contribution in [3.8, 4) is 5.75 Å². The van der Waals surface area contributed by atoms with E-state index in [9.17, 15) is 8.78 Å². The Morgan fingerprint density at radius 1 is 1.15 bits per heavy atom. The van der Waals surface area contributed by atoms with Crippen molar-refractivity contribution in [1.29, 1.82) is 0 Å². The van der Waals surface area contributed by atoms with E-state index in [4.69, 9.17) is 0 Å². The smallest absolute Gasteiger partial charge is 0.394 e. The Morgan fingerprint density at radius 3 is 2.38 bits per heavy atom. The first-order chi connectivity index (χ1) is 12.4. The van der Waals surface area contributed by atoms with E-state index < -0.39 is 6.11 Å². The maximum Gasteiger partial charge on any atom is 0.394 e. The number of anilines is 2. The molecule has 0 radical (unpaired) electrons. The molecule has 1 aromatic heterocycles. The molecule has 0 bridgehead atoms. The van der Waals surface area contributed by atoms with Crippen LogP contribution in [-0.2, 0) is 6.42 Å². The number of pyridine rings is 1. The van der Waals surface area contributed by atoms with Gasteiger partial charge in [0.05, 0.1) is 0 Å². The van der Waals surface area contributed by atoms with Crippen molar-refractivity contribution in [3.05, 3.63) is 53.7 Å². The summed E-state index contributed by atoms with van der Waals surface area (Å²) in [5, 5.41) is 3.32. The van der Waals surface area contributed by atoms with Crippen LogP contribution in [0.25, 0.3) is 5.57 Å². The number of aryl methyl sites for hydroxylation is 1. The molecule has 1 aromatic carbocycles. The first-order valence-corrected chi connectivity index (χ1v) is 8.99. The van der Waals surface area contributed by atoms with Gasteiger partial charge in [-0.25, -0.2) is 4.98 Å². The molecule has 0 saturated heterocycles. The predicted octanol–water partition coefficient (Wildman–Crippen LogP) is 6.58. The maximum atomic E-state index is 12.9. The summed E-state index contributed by atoms with van der Waals surface area (Å²) < 4.78 is 30.4. The molecule has 0 fully saturated rings. The van der Waals surface area contributed by atoms with Crippen molar-refractivity contribution in [2.75, 3.05) is 5.32 Å². The molecule has 26 heavy (non-hydrogen) atoms. The zero-order valence-electron chi connectivity index (χ0n) is 15.8. The normalized spacial score (nSPS) is 12.2. The van der Waals surface area contributed by atoms with Gasteiger partial charge in [0.1, 0.15) is 11.6 Å². The largest absolute Gasteiger partial charge is 0.433 e. The van der Waals surface area contributed by atoms with Crippen LogP contribution >= 0.6 is 0 Å². The summed E-state index contributed by atoms with van der Waals surface area (Å²) in [5.74, 6) is 0.902. The van der Waals surface area contributed by atoms with Crippen molar-refractivity contribution in [3.63, 3.8) is 0 Å². The number of halogens is 2. The standard InChI is InChI=1S/C21H26F2N2O/c1-5-8-15(6-2)19-16(7-3)13-14-24-20(19)25-17-9-11-18(12-10-17)26-21(4,22)23/h8-14H,5-7H2,1-4H3,(H,24,25)/b15-8+. The van der Waals surface area contributed by atoms with Gasteiger partial charge in [-0.3, -0.25) is 0 Å². The van der Waals surface area contributed by atoms with Crippen molar-refractivity contribution < 1.29 is 13.5 Å². The minimum Gasteiger partial charge on any atom is -0.433 e. The lowest BCUT2D eigenvalue weighted by Crippen LogP contribution is -2.18. The summed E-state index contributed by atoms with van der Waals surface area (Å²) in [6.45, 7) is 7.10. The highest BCUT2D eigenvalue weighted by atomic mass is 19.3. The van der Waals surface area contributed by atoms with Crippen LogP contribution in [0.5, 0.6) is 5.75 Å². The third kappa shape index (κ3) is 5.28. The van der Waals surface area contributed by atoms with Gasteiger partial charge in [0, 0.05) is 24.4 Å². The summed E-state index contributed by atoms with van der Waals surface area (Å²) in [4.78, 5) is 4.51. The average molecular weight is 360 g/mol. The maximum absolute atomic E-state index is 12.9. The zero-order chi connectivity index (χ0) is 19.2. The van der Waals surface area contributed by atoms with Crippen LogP contribution < -0.4 is 10.1 Å². The van der Waals surface area contributed by atoms with Crippen molar-refractivity contribution in [2.24, 2.45) is 0 Å². The number of benzene rings is 1. The minimum atomic E-state index is -3.19. The number of nitrogens with one attached hydrogen (secondary N) is 1. The van der Waals surface area contributed by atoms with Crippen LogP contribution in [-0.4, -0.2) is 11.1 Å². The topological polar surface area (TPSA) is 34.2 Å². The van der Waals surface area contributed by atoms with Crippen molar-refractivity contribution in [1.82, 2.24) is 4.98 Å². The van der Waals surface area contributed by atoms with E-state index in [1.807, 2.05) is 6.07 Å². The first-order valence-electron chi connectivity index (χ1n) is 8.99. The third-order valence-electron chi connectivity index (χ3n) is 3.98. The molecule has 5 heteroatoms. The quantitative estimate of drug-likeness (QED) is 0.577. The molecule has 140 valence electrons. The Balaban J connectivity index is 2.33. The molecule has 0 saturated carbocycles. The lowest BCUT2D eigenvalue weighted by molar-refractivity contribution is -0.158. The molecular weight excluding hydrogens is 334 g/mol. The van der Waals surface area contributed by atoms with Gasteiger partial charge in [0.15, 0.2) is 0 Å². The van der Waals surface area contributed by atoms with E-state index in [0.717, 1.165) is 43.3 Å². The Kier molecular flexibility index (Phi) is 6.72. The number of rotatable bonds is 8. The molecule has 1 N–H and O–H groups in total. The molecule has 3 nitrogen and oxygen atoms in total. The fraction of sp³-hybridized carbons (Fsp3) is 0.381. The lowest BCUT2D eigenvalue weighted by Gasteiger charge is -2.17. The van der Waals surface area contributed by atoms with Gasteiger partial charge in [0.2, 0.25) is 0 Å². The molecule has 0 unspecified atom stereocenters. The number of alkyl halides is 2. The van der Waals surface area contributed by atoms with E-state index in [0.29, 0.717) is 0 Å². The van der Waals surface area contributed by atoms with Crippen LogP contribution in [0.15, 0.2) is 42.6 Å². The van der Waals surface area contributed by atoms with Gasteiger partial charge in [-0.1, -0.05) is 26.8 Å².